The number of nitrogens with one attached hydrogen (secondary N) is 1. The van der Waals surface area contributed by atoms with E-state index in [1.807, 2.05) is 0 Å². The molecule has 0 aromatic carbocycles. The Hall–Kier alpha value is -0.940. The maximum atomic E-state index is 5.30. The molecular weight excluding hydrogens is 252 g/mol. The molecule has 1 unspecified atom stereocenters. The minimum atomic E-state index is 0.305. The molecule has 0 spiro atoms. The minimum absolute atomic E-state index is 0.305. The van der Waals surface area contributed by atoms with E-state index in [4.69, 9.17) is 4.52 Å². The quantitative estimate of drug-likeness (QED) is 0.778. The van der Waals surface area contributed by atoms with E-state index in [-0.39, 0.29) is 0 Å². The first-order valence-electron chi connectivity index (χ1n) is 7.98. The summed E-state index contributed by atoms with van der Waals surface area (Å²) in [7, 11) is 0. The highest BCUT2D eigenvalue weighted by atomic mass is 16.5. The fraction of sp³-hybridized carbons (Fsp3) is 0.867. The third-order valence-corrected chi connectivity index (χ3v) is 3.88. The number of aromatic nitrogens is 2. The van der Waals surface area contributed by atoms with E-state index in [9.17, 15) is 0 Å². The van der Waals surface area contributed by atoms with E-state index in [0.717, 1.165) is 37.9 Å². The van der Waals surface area contributed by atoms with Crippen molar-refractivity contribution in [3.63, 3.8) is 0 Å². The van der Waals surface area contributed by atoms with Gasteiger partial charge in [0.15, 0.2) is 5.82 Å². The van der Waals surface area contributed by atoms with Gasteiger partial charge in [0.2, 0.25) is 5.89 Å². The van der Waals surface area contributed by atoms with Crippen molar-refractivity contribution >= 4 is 0 Å². The summed E-state index contributed by atoms with van der Waals surface area (Å²) < 4.78 is 5.30. The summed E-state index contributed by atoms with van der Waals surface area (Å²) in [5.74, 6) is 1.88. The first-order chi connectivity index (χ1) is 9.70. The number of piperidine rings is 1. The molecule has 1 atom stereocenters. The lowest BCUT2D eigenvalue weighted by atomic mass is 10.0. The summed E-state index contributed by atoms with van der Waals surface area (Å²) >= 11 is 0. The van der Waals surface area contributed by atoms with Crippen LogP contribution in [0.5, 0.6) is 0 Å². The SMILES string of the molecule is CCCNCC1CCCCN1Cc1noc(C(C)C)n1. The van der Waals surface area contributed by atoms with Crippen LogP contribution in [-0.2, 0) is 6.54 Å². The maximum Gasteiger partial charge on any atom is 0.229 e. The van der Waals surface area contributed by atoms with Crippen molar-refractivity contribution < 1.29 is 4.52 Å². The van der Waals surface area contributed by atoms with Crippen LogP contribution in [-0.4, -0.2) is 40.7 Å². The van der Waals surface area contributed by atoms with Crippen LogP contribution < -0.4 is 5.32 Å². The summed E-state index contributed by atoms with van der Waals surface area (Å²) in [5, 5.41) is 7.65. The summed E-state index contributed by atoms with van der Waals surface area (Å²) in [5.41, 5.74) is 0. The Kier molecular flexibility index (Phi) is 5.98. The van der Waals surface area contributed by atoms with Gasteiger partial charge >= 0.3 is 0 Å². The van der Waals surface area contributed by atoms with Gasteiger partial charge in [0.25, 0.3) is 0 Å². The highest BCUT2D eigenvalue weighted by Crippen LogP contribution is 2.19. The van der Waals surface area contributed by atoms with Crippen LogP contribution in [0.1, 0.15) is 64.1 Å². The van der Waals surface area contributed by atoms with Crippen LogP contribution in [0.2, 0.25) is 0 Å². The smallest absolute Gasteiger partial charge is 0.229 e. The van der Waals surface area contributed by atoms with Gasteiger partial charge in [-0.25, -0.2) is 0 Å². The van der Waals surface area contributed by atoms with Crippen molar-refractivity contribution in [3.8, 4) is 0 Å². The highest BCUT2D eigenvalue weighted by molar-refractivity contribution is 4.92. The molecule has 2 heterocycles. The standard InChI is InChI=1S/C15H28N4O/c1-4-8-16-10-13-7-5-6-9-19(13)11-14-17-15(12(2)3)20-18-14/h12-13,16H,4-11H2,1-3H3. The van der Waals surface area contributed by atoms with Gasteiger partial charge in [0.05, 0.1) is 6.54 Å². The van der Waals surface area contributed by atoms with Crippen LogP contribution in [0.15, 0.2) is 4.52 Å². The summed E-state index contributed by atoms with van der Waals surface area (Å²) in [6.45, 7) is 10.5. The van der Waals surface area contributed by atoms with Crippen molar-refractivity contribution in [2.75, 3.05) is 19.6 Å². The topological polar surface area (TPSA) is 54.2 Å². The lowest BCUT2D eigenvalue weighted by Crippen LogP contribution is -2.45. The molecule has 1 fully saturated rings. The number of hydrogen-bond acceptors (Lipinski definition) is 5. The molecule has 1 aromatic heterocycles. The van der Waals surface area contributed by atoms with Crippen LogP contribution in [0.25, 0.3) is 0 Å². The molecule has 114 valence electrons. The average Bonchev–Trinajstić information content (AvgIpc) is 2.90. The number of rotatable bonds is 7. The van der Waals surface area contributed by atoms with Gasteiger partial charge in [-0.05, 0) is 32.4 Å². The molecule has 1 saturated heterocycles. The molecule has 20 heavy (non-hydrogen) atoms. The Labute approximate surface area is 122 Å². The molecule has 5 nitrogen and oxygen atoms in total. The largest absolute Gasteiger partial charge is 0.339 e. The summed E-state index contributed by atoms with van der Waals surface area (Å²) in [4.78, 5) is 7.00. The predicted octanol–water partition coefficient (Wildman–Crippen LogP) is 2.55. The molecule has 0 aliphatic carbocycles. The van der Waals surface area contributed by atoms with Gasteiger partial charge in [-0.15, -0.1) is 0 Å². The van der Waals surface area contributed by atoms with Gasteiger partial charge < -0.3 is 9.84 Å². The van der Waals surface area contributed by atoms with Crippen LogP contribution in [0.4, 0.5) is 0 Å². The second-order valence-corrected chi connectivity index (χ2v) is 6.03. The third-order valence-electron chi connectivity index (χ3n) is 3.88. The van der Waals surface area contributed by atoms with Crippen molar-refractivity contribution in [2.45, 2.75) is 65.0 Å². The predicted molar refractivity (Wildman–Crippen MR) is 79.6 cm³/mol. The van der Waals surface area contributed by atoms with Crippen molar-refractivity contribution in [2.24, 2.45) is 0 Å². The van der Waals surface area contributed by atoms with E-state index in [2.05, 4.69) is 41.1 Å². The van der Waals surface area contributed by atoms with E-state index in [0.29, 0.717) is 12.0 Å². The summed E-state index contributed by atoms with van der Waals surface area (Å²) in [6, 6.07) is 0.608. The molecule has 0 bridgehead atoms. The Morgan fingerprint density at radius 3 is 2.95 bits per heavy atom. The maximum absolute atomic E-state index is 5.30. The first kappa shape index (κ1) is 15.4. The molecule has 0 saturated carbocycles. The molecule has 1 aliphatic rings. The van der Waals surface area contributed by atoms with Crippen molar-refractivity contribution in [3.05, 3.63) is 11.7 Å². The Bertz CT molecular complexity index is 391. The van der Waals surface area contributed by atoms with E-state index in [1.54, 1.807) is 0 Å². The molecular formula is C15H28N4O. The van der Waals surface area contributed by atoms with Gasteiger partial charge in [0, 0.05) is 18.5 Å². The molecule has 0 amide bonds. The normalized spacial score (nSPS) is 20.7. The molecule has 5 heteroatoms. The van der Waals surface area contributed by atoms with Gasteiger partial charge in [-0.2, -0.15) is 4.98 Å². The second-order valence-electron chi connectivity index (χ2n) is 6.03. The summed E-state index contributed by atoms with van der Waals surface area (Å²) in [6.07, 6.45) is 5.07. The first-order valence-corrected chi connectivity index (χ1v) is 7.98. The molecule has 1 aromatic rings. The van der Waals surface area contributed by atoms with Gasteiger partial charge in [-0.1, -0.05) is 32.3 Å². The van der Waals surface area contributed by atoms with Crippen LogP contribution >= 0.6 is 0 Å². The van der Waals surface area contributed by atoms with Crippen LogP contribution in [0.3, 0.4) is 0 Å². The average molecular weight is 280 g/mol. The Morgan fingerprint density at radius 2 is 2.25 bits per heavy atom. The lowest BCUT2D eigenvalue weighted by molar-refractivity contribution is 0.133. The zero-order valence-corrected chi connectivity index (χ0v) is 13.1. The van der Waals surface area contributed by atoms with Crippen molar-refractivity contribution in [1.82, 2.24) is 20.4 Å². The van der Waals surface area contributed by atoms with Gasteiger partial charge in [-0.3, -0.25) is 4.90 Å². The fourth-order valence-electron chi connectivity index (χ4n) is 2.69. The number of nitrogens with zero attached hydrogens (tertiary/aromatic N) is 3. The molecule has 2 rings (SSSR count). The zero-order valence-electron chi connectivity index (χ0n) is 13.1. The van der Waals surface area contributed by atoms with E-state index >= 15 is 0 Å². The molecule has 1 N–H and O–H groups in total. The van der Waals surface area contributed by atoms with E-state index < -0.39 is 0 Å². The minimum Gasteiger partial charge on any atom is -0.339 e. The second kappa shape index (κ2) is 7.74. The van der Waals surface area contributed by atoms with E-state index in [1.165, 1.54) is 25.7 Å². The fourth-order valence-corrected chi connectivity index (χ4v) is 2.69. The zero-order chi connectivity index (χ0) is 14.4. The highest BCUT2D eigenvalue weighted by Gasteiger charge is 2.23. The van der Waals surface area contributed by atoms with Crippen molar-refractivity contribution in [1.29, 1.82) is 0 Å². The molecule has 0 radical (unpaired) electrons. The molecule has 1 aliphatic heterocycles. The Morgan fingerprint density at radius 1 is 1.40 bits per heavy atom. The van der Waals surface area contributed by atoms with Crippen LogP contribution in [0, 0.1) is 0 Å². The third kappa shape index (κ3) is 4.28. The lowest BCUT2D eigenvalue weighted by Gasteiger charge is -2.35. The number of likely N-dealkylation sites (tertiary alicyclic amines) is 1. The Balaban J connectivity index is 1.90. The van der Waals surface area contributed by atoms with Gasteiger partial charge in [0.1, 0.15) is 0 Å². The monoisotopic (exact) mass is 280 g/mol. The number of hydrogen-bond donors (Lipinski definition) is 1.